The van der Waals surface area contributed by atoms with Crippen LogP contribution in [0.5, 0.6) is 5.75 Å². The minimum Gasteiger partial charge on any atom is -0.484 e. The molecule has 0 fully saturated rings. The first-order valence-electron chi connectivity index (χ1n) is 11.6. The molecule has 0 spiro atoms. The molecule has 0 aliphatic carbocycles. The molecule has 34 heavy (non-hydrogen) atoms. The summed E-state index contributed by atoms with van der Waals surface area (Å²) in [4.78, 5) is 31.6. The van der Waals surface area contributed by atoms with Crippen LogP contribution in [-0.4, -0.2) is 47.4 Å². The zero-order chi connectivity index (χ0) is 24.1. The first-order valence-corrected chi connectivity index (χ1v) is 12.8. The number of fused-ring (bicyclic) bond motifs is 1. The van der Waals surface area contributed by atoms with Gasteiger partial charge in [-0.1, -0.05) is 48.9 Å². The van der Waals surface area contributed by atoms with Gasteiger partial charge in [-0.15, -0.1) is 11.3 Å². The van der Waals surface area contributed by atoms with E-state index in [0.29, 0.717) is 17.3 Å². The number of hydrogen-bond acceptors (Lipinski definition) is 4. The van der Waals surface area contributed by atoms with E-state index in [0.717, 1.165) is 18.4 Å². The average Bonchev–Trinajstić information content (AvgIpc) is 3.35. The average molecular weight is 497 g/mol. The number of carbonyl (C=O) groups excluding carboxylic acids is 2. The number of hydrogen-bond donors (Lipinski definition) is 0. The van der Waals surface area contributed by atoms with E-state index in [4.69, 9.17) is 16.3 Å². The highest BCUT2D eigenvalue weighted by molar-refractivity contribution is 7.10. The molecule has 2 atom stereocenters. The molecule has 2 amide bonds. The second-order valence-electron chi connectivity index (χ2n) is 8.47. The van der Waals surface area contributed by atoms with Crippen molar-refractivity contribution in [2.24, 2.45) is 0 Å². The molecule has 5 nitrogen and oxygen atoms in total. The highest BCUT2D eigenvalue weighted by Gasteiger charge is 2.34. The molecule has 0 bridgehead atoms. The maximum Gasteiger partial charge on any atom is 0.261 e. The molecule has 4 rings (SSSR count). The molecule has 7 heteroatoms. The van der Waals surface area contributed by atoms with Crippen LogP contribution in [0.25, 0.3) is 0 Å². The van der Waals surface area contributed by atoms with Gasteiger partial charge in [0, 0.05) is 22.5 Å². The van der Waals surface area contributed by atoms with Crippen molar-refractivity contribution >= 4 is 34.8 Å². The van der Waals surface area contributed by atoms with Crippen LogP contribution in [0.15, 0.2) is 66.0 Å². The lowest BCUT2D eigenvalue weighted by molar-refractivity contribution is -0.144. The lowest BCUT2D eigenvalue weighted by atomic mass is 9.93. The quantitative estimate of drug-likeness (QED) is 0.409. The summed E-state index contributed by atoms with van der Waals surface area (Å²) in [6, 6.07) is 18.9. The molecule has 1 aliphatic heterocycles. The maximum absolute atomic E-state index is 13.6. The number of amides is 2. The Kier molecular flexibility index (Phi) is 7.91. The summed E-state index contributed by atoms with van der Waals surface area (Å²) in [7, 11) is 0. The smallest absolute Gasteiger partial charge is 0.261 e. The van der Waals surface area contributed by atoms with Gasteiger partial charge in [0.1, 0.15) is 12.3 Å². The highest BCUT2D eigenvalue weighted by Crippen LogP contribution is 2.37. The fourth-order valence-electron chi connectivity index (χ4n) is 4.29. The molecule has 0 saturated heterocycles. The molecule has 1 aromatic heterocycles. The number of halogens is 1. The fourth-order valence-corrected chi connectivity index (χ4v) is 5.32. The van der Waals surface area contributed by atoms with Gasteiger partial charge in [0.05, 0.1) is 6.04 Å². The predicted molar refractivity (Wildman–Crippen MR) is 136 cm³/mol. The number of thiophene rings is 1. The molecule has 178 valence electrons. The lowest BCUT2D eigenvalue weighted by Crippen LogP contribution is -2.50. The van der Waals surface area contributed by atoms with E-state index in [1.54, 1.807) is 40.5 Å². The van der Waals surface area contributed by atoms with Gasteiger partial charge in [-0.05, 0) is 66.6 Å². The van der Waals surface area contributed by atoms with Crippen molar-refractivity contribution in [2.45, 2.75) is 38.8 Å². The molecule has 3 aromatic rings. The molecule has 0 saturated carbocycles. The van der Waals surface area contributed by atoms with Gasteiger partial charge < -0.3 is 14.5 Å². The topological polar surface area (TPSA) is 49.9 Å². The minimum absolute atomic E-state index is 0.0284. The normalized spacial score (nSPS) is 16.0. The van der Waals surface area contributed by atoms with E-state index in [-0.39, 0.29) is 37.0 Å². The number of rotatable bonds is 8. The largest absolute Gasteiger partial charge is 0.484 e. The first kappa shape index (κ1) is 24.3. The van der Waals surface area contributed by atoms with E-state index in [1.165, 1.54) is 10.4 Å². The molecular weight excluding hydrogens is 468 g/mol. The van der Waals surface area contributed by atoms with Crippen molar-refractivity contribution in [3.05, 3.63) is 87.1 Å². The van der Waals surface area contributed by atoms with Gasteiger partial charge in [0.2, 0.25) is 5.91 Å². The summed E-state index contributed by atoms with van der Waals surface area (Å²) in [5.41, 5.74) is 2.27. The van der Waals surface area contributed by atoms with Crippen LogP contribution >= 0.6 is 22.9 Å². The molecule has 2 heterocycles. The SMILES string of the molecule is CCC(C)N(CC(=O)N1CCc2sccc2C1c1ccccc1)C(=O)COc1ccc(Cl)cc1. The predicted octanol–water partition coefficient (Wildman–Crippen LogP) is 5.58. The van der Waals surface area contributed by atoms with Crippen LogP contribution in [0.4, 0.5) is 0 Å². The summed E-state index contributed by atoms with van der Waals surface area (Å²) in [5, 5.41) is 2.70. The summed E-state index contributed by atoms with van der Waals surface area (Å²) >= 11 is 7.67. The number of nitrogens with zero attached hydrogens (tertiary/aromatic N) is 2. The van der Waals surface area contributed by atoms with Crippen LogP contribution < -0.4 is 4.74 Å². The van der Waals surface area contributed by atoms with Gasteiger partial charge in [-0.3, -0.25) is 9.59 Å². The highest BCUT2D eigenvalue weighted by atomic mass is 35.5. The third-order valence-electron chi connectivity index (χ3n) is 6.33. The van der Waals surface area contributed by atoms with Crippen molar-refractivity contribution < 1.29 is 14.3 Å². The molecular formula is C27H29ClN2O3S. The minimum atomic E-state index is -0.206. The zero-order valence-corrected chi connectivity index (χ0v) is 21.0. The monoisotopic (exact) mass is 496 g/mol. The summed E-state index contributed by atoms with van der Waals surface area (Å²) in [6.07, 6.45) is 1.58. The van der Waals surface area contributed by atoms with Crippen LogP contribution in [0.3, 0.4) is 0 Å². The van der Waals surface area contributed by atoms with Crippen molar-refractivity contribution in [3.63, 3.8) is 0 Å². The maximum atomic E-state index is 13.6. The standard InChI is InChI=1S/C27H29ClN2O3S/c1-3-19(2)30(26(32)18-33-22-11-9-21(28)10-12-22)17-25(31)29-15-13-24-23(14-16-34-24)27(29)20-7-5-4-6-8-20/h4-12,14,16,19,27H,3,13,15,17-18H2,1-2H3. The lowest BCUT2D eigenvalue weighted by Gasteiger charge is -2.38. The Hall–Kier alpha value is -2.83. The second kappa shape index (κ2) is 11.1. The van der Waals surface area contributed by atoms with E-state index in [2.05, 4.69) is 23.6 Å². The molecule has 2 unspecified atom stereocenters. The van der Waals surface area contributed by atoms with E-state index in [1.807, 2.05) is 36.9 Å². The van der Waals surface area contributed by atoms with Crippen LogP contribution in [0.2, 0.25) is 5.02 Å². The Labute approximate surface area is 209 Å². The fraction of sp³-hybridized carbons (Fsp3) is 0.333. The Morgan fingerprint density at radius 3 is 2.59 bits per heavy atom. The van der Waals surface area contributed by atoms with Gasteiger partial charge in [-0.2, -0.15) is 0 Å². The van der Waals surface area contributed by atoms with E-state index >= 15 is 0 Å². The molecule has 2 aromatic carbocycles. The number of benzene rings is 2. The second-order valence-corrected chi connectivity index (χ2v) is 9.91. The number of ether oxygens (including phenoxy) is 1. The first-order chi connectivity index (χ1) is 16.5. The Morgan fingerprint density at radius 1 is 1.15 bits per heavy atom. The Morgan fingerprint density at radius 2 is 1.88 bits per heavy atom. The van der Waals surface area contributed by atoms with Crippen LogP contribution in [-0.2, 0) is 16.0 Å². The van der Waals surface area contributed by atoms with Crippen molar-refractivity contribution in [1.82, 2.24) is 9.80 Å². The Bertz CT molecular complexity index is 1120. The summed E-state index contributed by atoms with van der Waals surface area (Å²) < 4.78 is 5.68. The van der Waals surface area contributed by atoms with Crippen molar-refractivity contribution in [1.29, 1.82) is 0 Å². The van der Waals surface area contributed by atoms with E-state index in [9.17, 15) is 9.59 Å². The Balaban J connectivity index is 1.51. The zero-order valence-electron chi connectivity index (χ0n) is 19.4. The molecule has 0 N–H and O–H groups in total. The van der Waals surface area contributed by atoms with Gasteiger partial charge in [0.15, 0.2) is 6.61 Å². The third kappa shape index (κ3) is 5.45. The van der Waals surface area contributed by atoms with Gasteiger partial charge in [0.25, 0.3) is 5.91 Å². The molecule has 1 aliphatic rings. The third-order valence-corrected chi connectivity index (χ3v) is 7.57. The summed E-state index contributed by atoms with van der Waals surface area (Å²) in [5.74, 6) is 0.311. The van der Waals surface area contributed by atoms with Crippen LogP contribution in [0.1, 0.15) is 42.3 Å². The van der Waals surface area contributed by atoms with Crippen LogP contribution in [0, 0.1) is 0 Å². The van der Waals surface area contributed by atoms with Gasteiger partial charge in [-0.25, -0.2) is 0 Å². The van der Waals surface area contributed by atoms with Gasteiger partial charge >= 0.3 is 0 Å². The summed E-state index contributed by atoms with van der Waals surface area (Å²) in [6.45, 7) is 4.52. The van der Waals surface area contributed by atoms with E-state index < -0.39 is 0 Å². The number of carbonyl (C=O) groups is 2. The van der Waals surface area contributed by atoms with Crippen molar-refractivity contribution in [2.75, 3.05) is 19.7 Å². The molecule has 0 radical (unpaired) electrons. The van der Waals surface area contributed by atoms with Crippen molar-refractivity contribution in [3.8, 4) is 5.75 Å².